The average molecular weight is 756 g/mol. The van der Waals surface area contributed by atoms with Gasteiger partial charge in [0, 0.05) is 6.54 Å². The van der Waals surface area contributed by atoms with E-state index < -0.39 is 12.3 Å². The fourth-order valence-electron chi connectivity index (χ4n) is 6.89. The number of aliphatic hydroxyl groups is 1. The summed E-state index contributed by atoms with van der Waals surface area (Å²) in [6.07, 6.45) is 36.5. The van der Waals surface area contributed by atoms with Crippen molar-refractivity contribution in [2.45, 2.75) is 232 Å². The first-order chi connectivity index (χ1) is 26.1. The van der Waals surface area contributed by atoms with E-state index in [1.165, 1.54) is 116 Å². The number of aliphatic hydroxyl groups excluding tert-OH is 1. The second-order valence-corrected chi connectivity index (χ2v) is 15.5. The standard InChI is InChI=1S/C45H89NO7/c1-4-7-10-13-14-15-16-21-28-35-43(34-27-12-9-6-3)53-45(49)52-42-33-26-20-18-23-30-37-46(38-39-47)36-29-22-17-19-25-32-41-51-44(48)50-40-31-24-11-8-5-2/h43,47H,4-42H2,1-3H3. The summed E-state index contributed by atoms with van der Waals surface area (Å²) >= 11 is 0. The van der Waals surface area contributed by atoms with Crippen LogP contribution in [0.2, 0.25) is 0 Å². The van der Waals surface area contributed by atoms with Crippen molar-refractivity contribution < 1.29 is 33.6 Å². The van der Waals surface area contributed by atoms with Crippen LogP contribution in [0.15, 0.2) is 0 Å². The van der Waals surface area contributed by atoms with Gasteiger partial charge in [-0.2, -0.15) is 0 Å². The molecule has 8 nitrogen and oxygen atoms in total. The summed E-state index contributed by atoms with van der Waals surface area (Å²) < 4.78 is 21.6. The van der Waals surface area contributed by atoms with Crippen LogP contribution in [0.5, 0.6) is 0 Å². The normalized spacial score (nSPS) is 11.9. The van der Waals surface area contributed by atoms with Gasteiger partial charge in [0.15, 0.2) is 0 Å². The number of rotatable bonds is 42. The zero-order chi connectivity index (χ0) is 38.7. The highest BCUT2D eigenvalue weighted by atomic mass is 16.7. The fourth-order valence-corrected chi connectivity index (χ4v) is 6.89. The summed E-state index contributed by atoms with van der Waals surface area (Å²) in [4.78, 5) is 26.5. The SMILES string of the molecule is CCCCCCCCCCCC(CCCCCC)OC(=O)OCCCCCCCCN(CCO)CCCCCCCCOC(=O)OCCCCCCC. The molecule has 0 radical (unpaired) electrons. The lowest BCUT2D eigenvalue weighted by atomic mass is 10.0. The Bertz CT molecular complexity index is 752. The molecule has 1 unspecified atom stereocenters. The van der Waals surface area contributed by atoms with E-state index in [-0.39, 0.29) is 12.7 Å². The second-order valence-electron chi connectivity index (χ2n) is 15.5. The lowest BCUT2D eigenvalue weighted by Gasteiger charge is -2.21. The fraction of sp³-hybridized carbons (Fsp3) is 0.956. The third-order valence-electron chi connectivity index (χ3n) is 10.3. The molecule has 0 saturated heterocycles. The van der Waals surface area contributed by atoms with E-state index in [9.17, 15) is 14.7 Å². The maximum atomic E-state index is 12.4. The van der Waals surface area contributed by atoms with Crippen LogP contribution in [0.1, 0.15) is 226 Å². The molecule has 0 amide bonds. The zero-order valence-corrected chi connectivity index (χ0v) is 35.5. The molecule has 0 rings (SSSR count). The molecular formula is C45H89NO7. The summed E-state index contributed by atoms with van der Waals surface area (Å²) in [5, 5.41) is 9.52. The Labute approximate surface area is 328 Å². The van der Waals surface area contributed by atoms with Crippen LogP contribution < -0.4 is 0 Å². The quantitative estimate of drug-likeness (QED) is 0.0486. The number of carbonyl (C=O) groups excluding carboxylic acids is 2. The molecule has 0 fully saturated rings. The van der Waals surface area contributed by atoms with Gasteiger partial charge in [-0.3, -0.25) is 0 Å². The Morgan fingerprint density at radius 2 is 0.736 bits per heavy atom. The number of hydrogen-bond donors (Lipinski definition) is 1. The number of unbranched alkanes of at least 4 members (excludes halogenated alkanes) is 25. The van der Waals surface area contributed by atoms with Crippen LogP contribution in [-0.2, 0) is 18.9 Å². The first-order valence-corrected chi connectivity index (χ1v) is 23.0. The molecule has 0 aromatic heterocycles. The Kier molecular flexibility index (Phi) is 41.9. The van der Waals surface area contributed by atoms with Crippen molar-refractivity contribution in [2.24, 2.45) is 0 Å². The molecule has 0 bridgehead atoms. The van der Waals surface area contributed by atoms with E-state index in [0.29, 0.717) is 19.8 Å². The first-order valence-electron chi connectivity index (χ1n) is 23.0. The minimum Gasteiger partial charge on any atom is -0.434 e. The first kappa shape index (κ1) is 51.5. The number of carbonyl (C=O) groups is 2. The minimum absolute atomic E-state index is 0.000745. The predicted molar refractivity (Wildman–Crippen MR) is 222 cm³/mol. The summed E-state index contributed by atoms with van der Waals surface area (Å²) in [5.41, 5.74) is 0. The molecule has 0 heterocycles. The highest BCUT2D eigenvalue weighted by molar-refractivity contribution is 5.60. The molecule has 0 aromatic carbocycles. The van der Waals surface area contributed by atoms with Crippen LogP contribution in [0.4, 0.5) is 9.59 Å². The van der Waals surface area contributed by atoms with Gasteiger partial charge in [-0.1, -0.05) is 168 Å². The van der Waals surface area contributed by atoms with Gasteiger partial charge in [-0.15, -0.1) is 0 Å². The van der Waals surface area contributed by atoms with Crippen molar-refractivity contribution in [3.63, 3.8) is 0 Å². The zero-order valence-electron chi connectivity index (χ0n) is 35.5. The van der Waals surface area contributed by atoms with Crippen LogP contribution in [-0.4, -0.2) is 74.5 Å². The molecule has 316 valence electrons. The molecule has 0 spiro atoms. The van der Waals surface area contributed by atoms with Gasteiger partial charge in [0.2, 0.25) is 0 Å². The largest absolute Gasteiger partial charge is 0.508 e. The lowest BCUT2D eigenvalue weighted by molar-refractivity contribution is 0.0154. The number of hydrogen-bond acceptors (Lipinski definition) is 8. The smallest absolute Gasteiger partial charge is 0.434 e. The van der Waals surface area contributed by atoms with E-state index in [2.05, 4.69) is 25.7 Å². The van der Waals surface area contributed by atoms with Crippen LogP contribution in [0.25, 0.3) is 0 Å². The van der Waals surface area contributed by atoms with Crippen LogP contribution in [0, 0.1) is 0 Å². The van der Waals surface area contributed by atoms with Gasteiger partial charge in [0.1, 0.15) is 6.10 Å². The average Bonchev–Trinajstić information content (AvgIpc) is 3.15. The summed E-state index contributed by atoms with van der Waals surface area (Å²) in [7, 11) is 0. The molecule has 8 heteroatoms. The van der Waals surface area contributed by atoms with E-state index in [1.54, 1.807) is 0 Å². The van der Waals surface area contributed by atoms with Crippen molar-refractivity contribution in [1.29, 1.82) is 0 Å². The van der Waals surface area contributed by atoms with Crippen molar-refractivity contribution in [2.75, 3.05) is 46.1 Å². The van der Waals surface area contributed by atoms with Gasteiger partial charge in [0.05, 0.1) is 26.4 Å². The van der Waals surface area contributed by atoms with Gasteiger partial charge in [-0.25, -0.2) is 9.59 Å². The van der Waals surface area contributed by atoms with E-state index in [0.717, 1.165) is 110 Å². The van der Waals surface area contributed by atoms with Gasteiger partial charge in [-0.05, 0) is 70.9 Å². The topological polar surface area (TPSA) is 94.5 Å². The van der Waals surface area contributed by atoms with E-state index in [4.69, 9.17) is 18.9 Å². The highest BCUT2D eigenvalue weighted by Gasteiger charge is 2.15. The summed E-state index contributed by atoms with van der Waals surface area (Å²) in [6.45, 7) is 11.1. The Morgan fingerprint density at radius 1 is 0.415 bits per heavy atom. The molecule has 0 aliphatic carbocycles. The van der Waals surface area contributed by atoms with Crippen LogP contribution >= 0.6 is 0 Å². The van der Waals surface area contributed by atoms with E-state index in [1.807, 2.05) is 0 Å². The van der Waals surface area contributed by atoms with Gasteiger partial charge < -0.3 is 29.0 Å². The predicted octanol–water partition coefficient (Wildman–Crippen LogP) is 13.5. The molecule has 0 aliphatic rings. The molecule has 0 aliphatic heterocycles. The monoisotopic (exact) mass is 756 g/mol. The Morgan fingerprint density at radius 3 is 1.13 bits per heavy atom. The maximum absolute atomic E-state index is 12.4. The van der Waals surface area contributed by atoms with Crippen molar-refractivity contribution >= 4 is 12.3 Å². The van der Waals surface area contributed by atoms with Crippen molar-refractivity contribution in [1.82, 2.24) is 4.90 Å². The third kappa shape index (κ3) is 40.0. The molecular weight excluding hydrogens is 666 g/mol. The van der Waals surface area contributed by atoms with Crippen molar-refractivity contribution in [3.8, 4) is 0 Å². The number of nitrogens with zero attached hydrogens (tertiary/aromatic N) is 1. The van der Waals surface area contributed by atoms with E-state index >= 15 is 0 Å². The summed E-state index contributed by atoms with van der Waals surface area (Å²) in [6, 6.07) is 0. The van der Waals surface area contributed by atoms with Crippen LogP contribution in [0.3, 0.4) is 0 Å². The van der Waals surface area contributed by atoms with Gasteiger partial charge >= 0.3 is 12.3 Å². The second kappa shape index (κ2) is 43.2. The molecule has 1 N–H and O–H groups in total. The number of ether oxygens (including phenoxy) is 4. The lowest BCUT2D eigenvalue weighted by Crippen LogP contribution is -2.29. The van der Waals surface area contributed by atoms with Crippen molar-refractivity contribution in [3.05, 3.63) is 0 Å². The molecule has 0 saturated carbocycles. The molecule has 0 aromatic rings. The Balaban J connectivity index is 3.84. The highest BCUT2D eigenvalue weighted by Crippen LogP contribution is 2.18. The van der Waals surface area contributed by atoms with Gasteiger partial charge in [0.25, 0.3) is 0 Å². The third-order valence-corrected chi connectivity index (χ3v) is 10.3. The minimum atomic E-state index is -0.524. The molecule has 53 heavy (non-hydrogen) atoms. The molecule has 1 atom stereocenters. The summed E-state index contributed by atoms with van der Waals surface area (Å²) in [5.74, 6) is 0. The Hall–Kier alpha value is -1.54. The maximum Gasteiger partial charge on any atom is 0.508 e.